The molecule has 0 saturated heterocycles. The van der Waals surface area contributed by atoms with E-state index >= 15 is 0 Å². The summed E-state index contributed by atoms with van der Waals surface area (Å²) >= 11 is 1.57. The first-order chi connectivity index (χ1) is 11.9. The zero-order chi connectivity index (χ0) is 18.0. The average Bonchev–Trinajstić information content (AvgIpc) is 3.18. The van der Waals surface area contributed by atoms with Crippen molar-refractivity contribution >= 4 is 22.2 Å². The highest BCUT2D eigenvalue weighted by molar-refractivity contribution is 7.16. The summed E-state index contributed by atoms with van der Waals surface area (Å²) in [7, 11) is 0. The number of nitriles is 1. The molecule has 0 spiro atoms. The fraction of sp³-hybridized carbons (Fsp3) is 0.556. The SMILES string of the molecule is CC(C)(C)C1CCc2c(sc(NC(=O)CCn3ccnn3)c2C#N)C1. The van der Waals surface area contributed by atoms with Crippen molar-refractivity contribution in [3.8, 4) is 6.07 Å². The minimum absolute atomic E-state index is 0.0991. The van der Waals surface area contributed by atoms with E-state index in [-0.39, 0.29) is 11.3 Å². The number of amides is 1. The number of anilines is 1. The maximum atomic E-state index is 12.2. The van der Waals surface area contributed by atoms with Gasteiger partial charge < -0.3 is 5.32 Å². The van der Waals surface area contributed by atoms with Crippen molar-refractivity contribution in [2.24, 2.45) is 11.3 Å². The molecule has 25 heavy (non-hydrogen) atoms. The monoisotopic (exact) mass is 357 g/mol. The van der Waals surface area contributed by atoms with Gasteiger partial charge in [0.15, 0.2) is 0 Å². The van der Waals surface area contributed by atoms with E-state index in [1.54, 1.807) is 28.4 Å². The summed E-state index contributed by atoms with van der Waals surface area (Å²) in [6, 6.07) is 2.30. The Morgan fingerprint density at radius 2 is 2.32 bits per heavy atom. The van der Waals surface area contributed by atoms with Crippen LogP contribution in [0.1, 0.15) is 49.6 Å². The second-order valence-corrected chi connectivity index (χ2v) is 8.69. The Morgan fingerprint density at radius 3 is 2.96 bits per heavy atom. The fourth-order valence-electron chi connectivity index (χ4n) is 3.29. The van der Waals surface area contributed by atoms with E-state index in [2.05, 4.69) is 42.5 Å². The zero-order valence-electron chi connectivity index (χ0n) is 14.9. The lowest BCUT2D eigenvalue weighted by atomic mass is 9.72. The Balaban J connectivity index is 1.71. The first-order valence-corrected chi connectivity index (χ1v) is 9.38. The van der Waals surface area contributed by atoms with Crippen molar-refractivity contribution in [2.75, 3.05) is 5.32 Å². The Morgan fingerprint density at radius 1 is 1.52 bits per heavy atom. The van der Waals surface area contributed by atoms with E-state index in [9.17, 15) is 10.1 Å². The van der Waals surface area contributed by atoms with Gasteiger partial charge >= 0.3 is 0 Å². The van der Waals surface area contributed by atoms with Gasteiger partial charge in [0.25, 0.3) is 0 Å². The van der Waals surface area contributed by atoms with Gasteiger partial charge in [-0.05, 0) is 36.2 Å². The summed E-state index contributed by atoms with van der Waals surface area (Å²) in [5.74, 6) is 0.513. The van der Waals surface area contributed by atoms with Gasteiger partial charge in [-0.1, -0.05) is 26.0 Å². The van der Waals surface area contributed by atoms with Gasteiger partial charge in [-0.3, -0.25) is 9.48 Å². The van der Waals surface area contributed by atoms with E-state index in [0.717, 1.165) is 24.8 Å². The highest BCUT2D eigenvalue weighted by Crippen LogP contribution is 2.43. The maximum absolute atomic E-state index is 12.2. The summed E-state index contributed by atoms with van der Waals surface area (Å²) in [5, 5.41) is 20.8. The molecule has 0 saturated carbocycles. The van der Waals surface area contributed by atoms with Gasteiger partial charge in [-0.2, -0.15) is 5.26 Å². The molecular weight excluding hydrogens is 334 g/mol. The van der Waals surface area contributed by atoms with E-state index < -0.39 is 0 Å². The third-order valence-electron chi connectivity index (χ3n) is 4.89. The van der Waals surface area contributed by atoms with Crippen LogP contribution in [0.5, 0.6) is 0 Å². The quantitative estimate of drug-likeness (QED) is 0.909. The van der Waals surface area contributed by atoms with E-state index in [4.69, 9.17) is 0 Å². The molecule has 1 atom stereocenters. The second-order valence-electron chi connectivity index (χ2n) is 7.59. The molecule has 0 aromatic carbocycles. The normalized spacial score (nSPS) is 17.0. The molecule has 3 rings (SSSR count). The molecule has 0 aliphatic heterocycles. The third-order valence-corrected chi connectivity index (χ3v) is 6.06. The topological polar surface area (TPSA) is 83.6 Å². The lowest BCUT2D eigenvalue weighted by Gasteiger charge is -2.33. The van der Waals surface area contributed by atoms with E-state index in [1.165, 1.54) is 4.88 Å². The fourth-order valence-corrected chi connectivity index (χ4v) is 4.58. The number of thiophene rings is 1. The van der Waals surface area contributed by atoms with Crippen molar-refractivity contribution in [1.82, 2.24) is 15.0 Å². The van der Waals surface area contributed by atoms with Crippen molar-refractivity contribution in [2.45, 2.75) is 53.0 Å². The van der Waals surface area contributed by atoms with Gasteiger partial charge in [0.05, 0.1) is 18.3 Å². The summed E-state index contributed by atoms with van der Waals surface area (Å²) in [4.78, 5) is 13.5. The van der Waals surface area contributed by atoms with Crippen LogP contribution in [-0.4, -0.2) is 20.9 Å². The van der Waals surface area contributed by atoms with Crippen molar-refractivity contribution in [3.05, 3.63) is 28.4 Å². The van der Waals surface area contributed by atoms with Crippen LogP contribution in [-0.2, 0) is 24.2 Å². The molecule has 6 nitrogen and oxygen atoms in total. The van der Waals surface area contributed by atoms with Crippen LogP contribution in [0.25, 0.3) is 0 Å². The lowest BCUT2D eigenvalue weighted by molar-refractivity contribution is -0.116. The standard InChI is InChI=1S/C18H23N5OS/c1-18(2,3)12-4-5-13-14(11-19)17(25-15(13)10-12)21-16(24)6-8-23-9-7-20-22-23/h7,9,12H,4-6,8,10H2,1-3H3,(H,21,24). The van der Waals surface area contributed by atoms with Crippen LogP contribution in [0.3, 0.4) is 0 Å². The highest BCUT2D eigenvalue weighted by atomic mass is 32.1. The van der Waals surface area contributed by atoms with Gasteiger partial charge in [0.1, 0.15) is 11.1 Å². The molecule has 7 heteroatoms. The molecule has 1 aliphatic rings. The first-order valence-electron chi connectivity index (χ1n) is 8.57. The highest BCUT2D eigenvalue weighted by Gasteiger charge is 2.32. The lowest BCUT2D eigenvalue weighted by Crippen LogP contribution is -2.26. The van der Waals surface area contributed by atoms with E-state index in [1.807, 2.05) is 0 Å². The number of nitrogens with zero attached hydrogens (tertiary/aromatic N) is 4. The van der Waals surface area contributed by atoms with E-state index in [0.29, 0.717) is 29.4 Å². The number of nitrogens with one attached hydrogen (secondary N) is 1. The smallest absolute Gasteiger partial charge is 0.226 e. The Labute approximate surface area is 151 Å². The number of aryl methyl sites for hydroxylation is 1. The summed E-state index contributed by atoms with van der Waals surface area (Å²) < 4.78 is 1.62. The van der Waals surface area contributed by atoms with Crippen LogP contribution < -0.4 is 5.32 Å². The molecule has 2 heterocycles. The molecule has 1 unspecified atom stereocenters. The van der Waals surface area contributed by atoms with Crippen LogP contribution >= 0.6 is 11.3 Å². The van der Waals surface area contributed by atoms with Gasteiger partial charge in [0, 0.05) is 17.5 Å². The molecule has 0 radical (unpaired) electrons. The molecule has 1 N–H and O–H groups in total. The van der Waals surface area contributed by atoms with Crippen LogP contribution in [0.15, 0.2) is 12.4 Å². The number of hydrogen-bond acceptors (Lipinski definition) is 5. The van der Waals surface area contributed by atoms with Crippen LogP contribution in [0.2, 0.25) is 0 Å². The molecular formula is C18H23N5OS. The number of hydrogen-bond donors (Lipinski definition) is 1. The molecule has 1 amide bonds. The first kappa shape index (κ1) is 17.6. The number of carbonyl (C=O) groups is 1. The Hall–Kier alpha value is -2.20. The predicted molar refractivity (Wildman–Crippen MR) is 97.3 cm³/mol. The van der Waals surface area contributed by atoms with Gasteiger partial charge in [-0.25, -0.2) is 0 Å². The molecule has 132 valence electrons. The molecule has 2 aromatic heterocycles. The number of rotatable bonds is 4. The second kappa shape index (κ2) is 6.96. The largest absolute Gasteiger partial charge is 0.317 e. The Bertz CT molecular complexity index is 795. The summed E-state index contributed by atoms with van der Waals surface area (Å²) in [6.07, 6.45) is 6.64. The summed E-state index contributed by atoms with van der Waals surface area (Å²) in [5.41, 5.74) is 2.05. The average molecular weight is 357 g/mol. The van der Waals surface area contributed by atoms with Crippen molar-refractivity contribution in [1.29, 1.82) is 5.26 Å². The van der Waals surface area contributed by atoms with Crippen molar-refractivity contribution in [3.63, 3.8) is 0 Å². The van der Waals surface area contributed by atoms with Crippen LogP contribution in [0, 0.1) is 22.7 Å². The third kappa shape index (κ3) is 3.90. The number of fused-ring (bicyclic) bond motifs is 1. The maximum Gasteiger partial charge on any atom is 0.226 e. The minimum atomic E-state index is -0.0991. The summed E-state index contributed by atoms with van der Waals surface area (Å²) in [6.45, 7) is 7.29. The predicted octanol–water partition coefficient (Wildman–Crippen LogP) is 3.39. The van der Waals surface area contributed by atoms with Crippen molar-refractivity contribution < 1.29 is 4.79 Å². The molecule has 0 bridgehead atoms. The molecule has 1 aliphatic carbocycles. The number of aromatic nitrogens is 3. The van der Waals surface area contributed by atoms with Crippen LogP contribution in [0.4, 0.5) is 5.00 Å². The minimum Gasteiger partial charge on any atom is -0.317 e. The molecule has 0 fully saturated rings. The van der Waals surface area contributed by atoms with Gasteiger partial charge in [0.2, 0.25) is 5.91 Å². The molecule has 2 aromatic rings. The zero-order valence-corrected chi connectivity index (χ0v) is 15.7. The number of carbonyl (C=O) groups excluding carboxylic acids is 1. The van der Waals surface area contributed by atoms with Gasteiger partial charge in [-0.15, -0.1) is 16.4 Å². The Kier molecular flexibility index (Phi) is 4.91.